The van der Waals surface area contributed by atoms with Gasteiger partial charge in [-0.05, 0) is 58.7 Å². The lowest BCUT2D eigenvalue weighted by molar-refractivity contribution is -0.122. The van der Waals surface area contributed by atoms with Crippen LogP contribution in [-0.4, -0.2) is 50.3 Å². The summed E-state index contributed by atoms with van der Waals surface area (Å²) in [5.74, 6) is 0.788. The second-order valence-corrected chi connectivity index (χ2v) is 7.17. The van der Waals surface area contributed by atoms with Gasteiger partial charge in [0.25, 0.3) is 0 Å². The molecule has 20 heavy (non-hydrogen) atoms. The van der Waals surface area contributed by atoms with Crippen LogP contribution in [0, 0.1) is 5.92 Å². The van der Waals surface area contributed by atoms with Crippen molar-refractivity contribution < 1.29 is 4.74 Å². The maximum atomic E-state index is 6.25. The third-order valence-corrected chi connectivity index (χ3v) is 5.08. The van der Waals surface area contributed by atoms with Crippen LogP contribution in [0.25, 0.3) is 0 Å². The minimum atomic E-state index is 0.236. The van der Waals surface area contributed by atoms with Gasteiger partial charge in [-0.2, -0.15) is 0 Å². The topological polar surface area (TPSA) is 24.5 Å². The van der Waals surface area contributed by atoms with Gasteiger partial charge in [0.2, 0.25) is 0 Å². The largest absolute Gasteiger partial charge is 0.375 e. The Kier molecular flexibility index (Phi) is 6.31. The fraction of sp³-hybridized carbons (Fsp3) is 1.00. The summed E-state index contributed by atoms with van der Waals surface area (Å²) >= 11 is 0. The lowest BCUT2D eigenvalue weighted by Crippen LogP contribution is -2.51. The van der Waals surface area contributed by atoms with Crippen molar-refractivity contribution in [3.05, 3.63) is 0 Å². The Morgan fingerprint density at radius 2 is 2.00 bits per heavy atom. The van der Waals surface area contributed by atoms with Gasteiger partial charge in [-0.15, -0.1) is 0 Å². The van der Waals surface area contributed by atoms with E-state index in [0.29, 0.717) is 6.04 Å². The summed E-state index contributed by atoms with van der Waals surface area (Å²) in [5, 5.41) is 3.80. The van der Waals surface area contributed by atoms with E-state index < -0.39 is 0 Å². The van der Waals surface area contributed by atoms with Crippen molar-refractivity contribution in [2.45, 2.75) is 69.9 Å². The Balaban J connectivity index is 1.96. The molecular weight excluding hydrogens is 248 g/mol. The molecule has 1 saturated carbocycles. The molecule has 0 aromatic heterocycles. The molecule has 1 aliphatic heterocycles. The van der Waals surface area contributed by atoms with Gasteiger partial charge >= 0.3 is 0 Å². The first-order valence-electron chi connectivity index (χ1n) is 8.67. The Morgan fingerprint density at radius 1 is 1.25 bits per heavy atom. The Labute approximate surface area is 125 Å². The molecule has 0 radical (unpaired) electrons. The molecule has 0 bridgehead atoms. The second-order valence-electron chi connectivity index (χ2n) is 7.17. The van der Waals surface area contributed by atoms with E-state index in [4.69, 9.17) is 4.74 Å². The van der Waals surface area contributed by atoms with Crippen LogP contribution in [0.2, 0.25) is 0 Å². The molecule has 0 amide bonds. The van der Waals surface area contributed by atoms with Crippen molar-refractivity contribution in [3.8, 4) is 0 Å². The molecule has 1 spiro atoms. The fourth-order valence-electron chi connectivity index (χ4n) is 4.06. The standard InChI is InChI=1S/C17H34N2O/c1-4-11-18-16(14-19(2)3)15-8-12-20-17(13-15)9-6-5-7-10-17/h15-16,18H,4-14H2,1-3H3. The average molecular weight is 282 g/mol. The first kappa shape index (κ1) is 16.3. The third kappa shape index (κ3) is 4.44. The number of nitrogens with one attached hydrogen (secondary N) is 1. The zero-order valence-electron chi connectivity index (χ0n) is 13.8. The molecule has 0 aromatic rings. The van der Waals surface area contributed by atoms with Gasteiger partial charge in [0.1, 0.15) is 0 Å². The summed E-state index contributed by atoms with van der Waals surface area (Å²) in [6.07, 6.45) is 10.5. The summed E-state index contributed by atoms with van der Waals surface area (Å²) in [4.78, 5) is 2.33. The highest BCUT2D eigenvalue weighted by Crippen LogP contribution is 2.41. The first-order valence-corrected chi connectivity index (χ1v) is 8.67. The maximum Gasteiger partial charge on any atom is 0.0685 e. The quantitative estimate of drug-likeness (QED) is 0.810. The molecule has 1 aliphatic carbocycles. The molecule has 1 heterocycles. The van der Waals surface area contributed by atoms with Crippen LogP contribution in [0.3, 0.4) is 0 Å². The van der Waals surface area contributed by atoms with Gasteiger partial charge in [-0.3, -0.25) is 0 Å². The van der Waals surface area contributed by atoms with Gasteiger partial charge < -0.3 is 15.0 Å². The van der Waals surface area contributed by atoms with Crippen LogP contribution in [0.15, 0.2) is 0 Å². The van der Waals surface area contributed by atoms with Gasteiger partial charge in [0, 0.05) is 19.2 Å². The Morgan fingerprint density at radius 3 is 2.65 bits per heavy atom. The Bertz CT molecular complexity index is 269. The van der Waals surface area contributed by atoms with Crippen molar-refractivity contribution in [1.29, 1.82) is 0 Å². The predicted molar refractivity (Wildman–Crippen MR) is 85.1 cm³/mol. The van der Waals surface area contributed by atoms with Crippen LogP contribution < -0.4 is 5.32 Å². The number of likely N-dealkylation sites (N-methyl/N-ethyl adjacent to an activating group) is 1. The molecule has 1 N–H and O–H groups in total. The molecule has 3 heteroatoms. The van der Waals surface area contributed by atoms with Crippen molar-refractivity contribution in [2.24, 2.45) is 5.92 Å². The van der Waals surface area contributed by atoms with E-state index in [1.54, 1.807) is 0 Å². The predicted octanol–water partition coefficient (Wildman–Crippen LogP) is 3.05. The molecule has 2 rings (SSSR count). The highest BCUT2D eigenvalue weighted by molar-refractivity contribution is 4.93. The lowest BCUT2D eigenvalue weighted by Gasteiger charge is -2.46. The minimum Gasteiger partial charge on any atom is -0.375 e. The van der Waals surface area contributed by atoms with Crippen molar-refractivity contribution in [3.63, 3.8) is 0 Å². The van der Waals surface area contributed by atoms with Crippen molar-refractivity contribution in [2.75, 3.05) is 33.8 Å². The smallest absolute Gasteiger partial charge is 0.0685 e. The van der Waals surface area contributed by atoms with Crippen molar-refractivity contribution >= 4 is 0 Å². The monoisotopic (exact) mass is 282 g/mol. The van der Waals surface area contributed by atoms with E-state index in [-0.39, 0.29) is 5.60 Å². The molecule has 0 aromatic carbocycles. The molecule has 118 valence electrons. The first-order chi connectivity index (χ1) is 9.65. The van der Waals surface area contributed by atoms with Gasteiger partial charge in [0.15, 0.2) is 0 Å². The second kappa shape index (κ2) is 7.77. The summed E-state index contributed by atoms with van der Waals surface area (Å²) in [5.41, 5.74) is 0.236. The van der Waals surface area contributed by atoms with E-state index in [9.17, 15) is 0 Å². The zero-order chi connectivity index (χ0) is 14.4. The maximum absolute atomic E-state index is 6.25. The zero-order valence-corrected chi connectivity index (χ0v) is 13.8. The van der Waals surface area contributed by atoms with E-state index in [1.165, 1.54) is 51.4 Å². The van der Waals surface area contributed by atoms with E-state index in [0.717, 1.165) is 25.6 Å². The molecule has 3 nitrogen and oxygen atoms in total. The Hall–Kier alpha value is -0.120. The van der Waals surface area contributed by atoms with Crippen LogP contribution in [-0.2, 0) is 4.74 Å². The summed E-state index contributed by atoms with van der Waals surface area (Å²) in [6.45, 7) is 5.53. The van der Waals surface area contributed by atoms with Gasteiger partial charge in [-0.25, -0.2) is 0 Å². The number of ether oxygens (including phenoxy) is 1. The highest BCUT2D eigenvalue weighted by atomic mass is 16.5. The molecule has 2 aliphatic rings. The molecule has 2 atom stereocenters. The summed E-state index contributed by atoms with van der Waals surface area (Å²) < 4.78 is 6.25. The molecule has 2 unspecified atom stereocenters. The molecular formula is C17H34N2O. The minimum absolute atomic E-state index is 0.236. The number of nitrogens with zero attached hydrogens (tertiary/aromatic N) is 1. The summed E-state index contributed by atoms with van der Waals surface area (Å²) in [6, 6.07) is 0.632. The van der Waals surface area contributed by atoms with E-state index in [2.05, 4.69) is 31.2 Å². The van der Waals surface area contributed by atoms with Crippen LogP contribution in [0.4, 0.5) is 0 Å². The van der Waals surface area contributed by atoms with Gasteiger partial charge in [-0.1, -0.05) is 26.2 Å². The molecule has 2 fully saturated rings. The molecule has 1 saturated heterocycles. The van der Waals surface area contributed by atoms with Crippen LogP contribution in [0.1, 0.15) is 58.3 Å². The highest BCUT2D eigenvalue weighted by Gasteiger charge is 2.40. The normalized spacial score (nSPS) is 27.9. The van der Waals surface area contributed by atoms with E-state index >= 15 is 0 Å². The summed E-state index contributed by atoms with van der Waals surface area (Å²) in [7, 11) is 4.38. The third-order valence-electron chi connectivity index (χ3n) is 5.08. The number of hydrogen-bond acceptors (Lipinski definition) is 3. The average Bonchev–Trinajstić information content (AvgIpc) is 2.44. The lowest BCUT2D eigenvalue weighted by atomic mass is 9.74. The SMILES string of the molecule is CCCNC(CN(C)C)C1CCOC2(CCCCC2)C1. The number of hydrogen-bond donors (Lipinski definition) is 1. The fourth-order valence-corrected chi connectivity index (χ4v) is 4.06. The van der Waals surface area contributed by atoms with Crippen LogP contribution in [0.5, 0.6) is 0 Å². The van der Waals surface area contributed by atoms with Crippen LogP contribution >= 0.6 is 0 Å². The van der Waals surface area contributed by atoms with Gasteiger partial charge in [0.05, 0.1) is 5.60 Å². The van der Waals surface area contributed by atoms with E-state index in [1.807, 2.05) is 0 Å². The van der Waals surface area contributed by atoms with Crippen molar-refractivity contribution in [1.82, 2.24) is 10.2 Å². The number of rotatable bonds is 6.